The maximum Gasteiger partial charge on any atom is 0.183 e. The summed E-state index contributed by atoms with van der Waals surface area (Å²) in [6.07, 6.45) is 1.47. The van der Waals surface area contributed by atoms with Crippen molar-refractivity contribution in [3.05, 3.63) is 29.2 Å². The number of thioether (sulfide) groups is 1. The van der Waals surface area contributed by atoms with Crippen molar-refractivity contribution in [3.8, 4) is 0 Å². The summed E-state index contributed by atoms with van der Waals surface area (Å²) in [5.74, 6) is 1.46. The lowest BCUT2D eigenvalue weighted by molar-refractivity contribution is 0.971. The number of aromatic nitrogens is 4. The van der Waals surface area contributed by atoms with Crippen LogP contribution in [0, 0.1) is 0 Å². The number of pyridine rings is 1. The smallest absolute Gasteiger partial charge is 0.183 e. The van der Waals surface area contributed by atoms with Gasteiger partial charge in [-0.25, -0.2) is 9.97 Å². The van der Waals surface area contributed by atoms with Crippen LogP contribution in [0.4, 0.5) is 5.82 Å². The zero-order valence-electron chi connectivity index (χ0n) is 8.57. The van der Waals surface area contributed by atoms with Crippen LogP contribution in [0.2, 0.25) is 5.02 Å². The Morgan fingerprint density at radius 3 is 3.06 bits per heavy atom. The maximum atomic E-state index is 6.04. The normalized spacial score (nSPS) is 10.4. The van der Waals surface area contributed by atoms with Gasteiger partial charge in [0.1, 0.15) is 12.1 Å². The Bertz CT molecular complexity index is 459. The van der Waals surface area contributed by atoms with Crippen LogP contribution in [0.5, 0.6) is 0 Å². The summed E-state index contributed by atoms with van der Waals surface area (Å²) in [6.45, 7) is 0. The molecule has 0 fully saturated rings. The Kier molecular flexibility index (Phi) is 3.63. The fraction of sp³-hybridized carbons (Fsp3) is 0.222. The van der Waals surface area contributed by atoms with Gasteiger partial charge in [0, 0.05) is 12.8 Å². The highest BCUT2D eigenvalue weighted by Gasteiger charge is 2.05. The molecular formula is C9H10ClN5S. The van der Waals surface area contributed by atoms with E-state index >= 15 is 0 Å². The highest BCUT2D eigenvalue weighted by molar-refractivity contribution is 7.98. The summed E-state index contributed by atoms with van der Waals surface area (Å²) in [5.41, 5.74) is 0.829. The molecule has 0 aliphatic heterocycles. The Hall–Kier alpha value is -1.27. The number of rotatable bonds is 4. The van der Waals surface area contributed by atoms with Gasteiger partial charge >= 0.3 is 0 Å². The van der Waals surface area contributed by atoms with Crippen LogP contribution in [0.25, 0.3) is 0 Å². The van der Waals surface area contributed by atoms with Crippen molar-refractivity contribution in [2.75, 3.05) is 12.4 Å². The number of aromatic amines is 1. The predicted molar refractivity (Wildman–Crippen MR) is 64.7 cm³/mol. The zero-order valence-corrected chi connectivity index (χ0v) is 10.1. The molecule has 7 heteroatoms. The molecule has 0 bridgehead atoms. The molecule has 16 heavy (non-hydrogen) atoms. The van der Waals surface area contributed by atoms with E-state index in [-0.39, 0.29) is 0 Å². The van der Waals surface area contributed by atoms with Gasteiger partial charge < -0.3 is 5.32 Å². The second kappa shape index (κ2) is 5.18. The van der Waals surface area contributed by atoms with Gasteiger partial charge in [-0.2, -0.15) is 5.10 Å². The molecule has 0 aromatic carbocycles. The summed E-state index contributed by atoms with van der Waals surface area (Å²) in [7, 11) is 1.82. The van der Waals surface area contributed by atoms with Gasteiger partial charge in [-0.15, -0.1) is 0 Å². The highest BCUT2D eigenvalue weighted by Crippen LogP contribution is 2.23. The van der Waals surface area contributed by atoms with Gasteiger partial charge in [0.2, 0.25) is 0 Å². The summed E-state index contributed by atoms with van der Waals surface area (Å²) in [4.78, 5) is 8.38. The first-order valence-electron chi connectivity index (χ1n) is 4.61. The number of hydrogen-bond donors (Lipinski definition) is 2. The van der Waals surface area contributed by atoms with Gasteiger partial charge in [-0.1, -0.05) is 23.4 Å². The van der Waals surface area contributed by atoms with E-state index in [4.69, 9.17) is 11.6 Å². The second-order valence-corrected chi connectivity index (χ2v) is 4.33. The zero-order chi connectivity index (χ0) is 11.4. The number of halogens is 1. The molecule has 0 aliphatic carbocycles. The minimum atomic E-state index is 0.656. The first-order valence-corrected chi connectivity index (χ1v) is 5.97. The van der Waals surface area contributed by atoms with Gasteiger partial charge in [0.05, 0.1) is 10.7 Å². The molecular weight excluding hydrogens is 246 g/mol. The number of nitrogens with one attached hydrogen (secondary N) is 2. The number of hydrogen-bond acceptors (Lipinski definition) is 5. The van der Waals surface area contributed by atoms with E-state index in [0.717, 1.165) is 16.7 Å². The first-order chi connectivity index (χ1) is 7.79. The van der Waals surface area contributed by atoms with E-state index in [1.165, 1.54) is 18.1 Å². The average molecular weight is 256 g/mol. The van der Waals surface area contributed by atoms with Crippen LogP contribution in [-0.4, -0.2) is 27.2 Å². The molecule has 2 rings (SSSR count). The largest absolute Gasteiger partial charge is 0.373 e. The van der Waals surface area contributed by atoms with Crippen molar-refractivity contribution in [1.82, 2.24) is 20.2 Å². The van der Waals surface area contributed by atoms with Gasteiger partial charge in [0.15, 0.2) is 5.16 Å². The molecule has 84 valence electrons. The molecule has 0 radical (unpaired) electrons. The van der Waals surface area contributed by atoms with Crippen LogP contribution in [0.1, 0.15) is 5.69 Å². The molecule has 0 unspecified atom stereocenters. The van der Waals surface area contributed by atoms with E-state index < -0.39 is 0 Å². The Morgan fingerprint density at radius 1 is 1.50 bits per heavy atom. The van der Waals surface area contributed by atoms with E-state index in [1.807, 2.05) is 19.2 Å². The number of anilines is 1. The molecule has 0 spiro atoms. The maximum absolute atomic E-state index is 6.04. The van der Waals surface area contributed by atoms with Crippen molar-refractivity contribution in [2.24, 2.45) is 0 Å². The van der Waals surface area contributed by atoms with Gasteiger partial charge in [-0.05, 0) is 12.1 Å². The molecule has 0 atom stereocenters. The van der Waals surface area contributed by atoms with Crippen molar-refractivity contribution >= 4 is 29.2 Å². The molecule has 2 aromatic heterocycles. The van der Waals surface area contributed by atoms with Crippen molar-refractivity contribution in [1.29, 1.82) is 0 Å². The third-order valence-corrected chi connectivity index (χ3v) is 3.15. The van der Waals surface area contributed by atoms with E-state index in [0.29, 0.717) is 10.8 Å². The second-order valence-electron chi connectivity index (χ2n) is 2.95. The third kappa shape index (κ3) is 2.65. The van der Waals surface area contributed by atoms with Crippen LogP contribution in [0.15, 0.2) is 23.6 Å². The van der Waals surface area contributed by atoms with Crippen LogP contribution < -0.4 is 5.32 Å². The molecule has 2 heterocycles. The summed E-state index contributed by atoms with van der Waals surface area (Å²) in [6, 6.07) is 3.67. The number of nitrogens with zero attached hydrogens (tertiary/aromatic N) is 3. The first kappa shape index (κ1) is 11.2. The molecule has 0 amide bonds. The Labute approximate surface area is 102 Å². The molecule has 0 aliphatic rings. The lowest BCUT2D eigenvalue weighted by Gasteiger charge is -2.04. The Balaban J connectivity index is 2.08. The topological polar surface area (TPSA) is 66.5 Å². The molecule has 0 saturated carbocycles. The SMILES string of the molecule is CNc1ccc(Cl)c(CSc2ncn[nH]2)n1. The van der Waals surface area contributed by atoms with E-state index in [2.05, 4.69) is 25.5 Å². The van der Waals surface area contributed by atoms with Crippen LogP contribution >= 0.6 is 23.4 Å². The monoisotopic (exact) mass is 255 g/mol. The van der Waals surface area contributed by atoms with E-state index in [9.17, 15) is 0 Å². The Morgan fingerprint density at radius 2 is 2.38 bits per heavy atom. The van der Waals surface area contributed by atoms with Crippen LogP contribution in [0.3, 0.4) is 0 Å². The molecule has 2 N–H and O–H groups in total. The molecule has 5 nitrogen and oxygen atoms in total. The lowest BCUT2D eigenvalue weighted by atomic mass is 10.3. The number of H-pyrrole nitrogens is 1. The van der Waals surface area contributed by atoms with Gasteiger partial charge in [0.25, 0.3) is 0 Å². The lowest BCUT2D eigenvalue weighted by Crippen LogP contribution is -1.96. The van der Waals surface area contributed by atoms with E-state index in [1.54, 1.807) is 0 Å². The quantitative estimate of drug-likeness (QED) is 0.820. The predicted octanol–water partition coefficient (Wildman–Crippen LogP) is 2.19. The third-order valence-electron chi connectivity index (χ3n) is 1.91. The van der Waals surface area contributed by atoms with Crippen molar-refractivity contribution in [3.63, 3.8) is 0 Å². The van der Waals surface area contributed by atoms with Gasteiger partial charge in [-0.3, -0.25) is 5.10 Å². The molecule has 0 saturated heterocycles. The fourth-order valence-corrected chi connectivity index (χ4v) is 2.11. The minimum Gasteiger partial charge on any atom is -0.373 e. The van der Waals surface area contributed by atoms with Crippen molar-refractivity contribution in [2.45, 2.75) is 10.9 Å². The summed E-state index contributed by atoms with van der Waals surface area (Å²) in [5, 5.41) is 10.9. The molecule has 2 aromatic rings. The average Bonchev–Trinajstić information content (AvgIpc) is 2.81. The minimum absolute atomic E-state index is 0.656. The van der Waals surface area contributed by atoms with Crippen LogP contribution in [-0.2, 0) is 5.75 Å². The summed E-state index contributed by atoms with van der Waals surface area (Å²) >= 11 is 7.55. The van der Waals surface area contributed by atoms with Crippen molar-refractivity contribution < 1.29 is 0 Å². The highest BCUT2D eigenvalue weighted by atomic mass is 35.5. The standard InChI is InChI=1S/C9H10ClN5S/c1-11-8-3-2-6(10)7(14-8)4-16-9-12-5-13-15-9/h2-3,5H,4H2,1H3,(H,11,14)(H,12,13,15). The summed E-state index contributed by atoms with van der Waals surface area (Å²) < 4.78 is 0. The fourth-order valence-electron chi connectivity index (χ4n) is 1.13.